The molecular weight excluding hydrogens is 144 g/mol. The summed E-state index contributed by atoms with van der Waals surface area (Å²) in [5.74, 6) is 1.18. The van der Waals surface area contributed by atoms with E-state index in [0.29, 0.717) is 0 Å². The van der Waals surface area contributed by atoms with Crippen molar-refractivity contribution in [1.82, 2.24) is 0 Å². The Balaban J connectivity index is 2.22. The van der Waals surface area contributed by atoms with Crippen molar-refractivity contribution in [3.05, 3.63) is 0 Å². The van der Waals surface area contributed by atoms with Crippen LogP contribution in [0.4, 0.5) is 0 Å². The molecule has 1 rings (SSSR count). The Morgan fingerprint density at radius 1 is 1.60 bits per heavy atom. The lowest BCUT2D eigenvalue weighted by molar-refractivity contribution is 0.0579. The number of hydrogen-bond donors (Lipinski definition) is 0. The van der Waals surface area contributed by atoms with Gasteiger partial charge in [0.15, 0.2) is 0 Å². The van der Waals surface area contributed by atoms with Crippen molar-refractivity contribution in [3.63, 3.8) is 0 Å². The molecule has 0 radical (unpaired) electrons. The van der Waals surface area contributed by atoms with Crippen LogP contribution in [0.15, 0.2) is 0 Å². The van der Waals surface area contributed by atoms with Crippen molar-refractivity contribution < 1.29 is 4.74 Å². The highest BCUT2D eigenvalue weighted by atomic mass is 32.2. The minimum atomic E-state index is 0.163. The first kappa shape index (κ1) is 8.41. The molecule has 0 aliphatic carbocycles. The molecule has 0 aromatic heterocycles. The zero-order valence-electron chi connectivity index (χ0n) is 6.85. The molecule has 0 N–H and O–H groups in total. The van der Waals surface area contributed by atoms with Crippen LogP contribution < -0.4 is 0 Å². The Kier molecular flexibility index (Phi) is 3.05. The van der Waals surface area contributed by atoms with E-state index in [0.717, 1.165) is 6.61 Å². The van der Waals surface area contributed by atoms with Crippen LogP contribution in [-0.2, 0) is 4.74 Å². The molecular formula is C8H16OS. The van der Waals surface area contributed by atoms with E-state index in [1.807, 2.05) is 11.8 Å². The lowest BCUT2D eigenvalue weighted by Crippen LogP contribution is -2.18. The van der Waals surface area contributed by atoms with E-state index in [2.05, 4.69) is 13.8 Å². The van der Waals surface area contributed by atoms with Gasteiger partial charge in [0.1, 0.15) is 4.93 Å². The van der Waals surface area contributed by atoms with Gasteiger partial charge in [-0.2, -0.15) is 0 Å². The van der Waals surface area contributed by atoms with Gasteiger partial charge in [-0.1, -0.05) is 13.3 Å². The van der Waals surface area contributed by atoms with Gasteiger partial charge in [-0.15, -0.1) is 11.8 Å². The second kappa shape index (κ2) is 3.63. The average Bonchev–Trinajstić information content (AvgIpc) is 2.33. The zero-order valence-corrected chi connectivity index (χ0v) is 7.67. The molecule has 10 heavy (non-hydrogen) atoms. The molecule has 1 aliphatic rings. The first-order chi connectivity index (χ1) is 4.77. The maximum absolute atomic E-state index is 5.61. The van der Waals surface area contributed by atoms with E-state index in [1.165, 1.54) is 25.0 Å². The highest BCUT2D eigenvalue weighted by Crippen LogP contribution is 2.36. The molecule has 1 atom stereocenters. The van der Waals surface area contributed by atoms with Gasteiger partial charge in [0.05, 0.1) is 6.61 Å². The summed E-state index contributed by atoms with van der Waals surface area (Å²) < 4.78 is 5.61. The van der Waals surface area contributed by atoms with Gasteiger partial charge in [0.25, 0.3) is 0 Å². The van der Waals surface area contributed by atoms with Crippen molar-refractivity contribution in [2.45, 2.75) is 38.0 Å². The Morgan fingerprint density at radius 3 is 2.90 bits per heavy atom. The SMILES string of the molecule is CCCCC1(C)OCCS1. The fourth-order valence-corrected chi connectivity index (χ4v) is 2.25. The number of ether oxygens (including phenoxy) is 1. The van der Waals surface area contributed by atoms with Crippen molar-refractivity contribution >= 4 is 11.8 Å². The summed E-state index contributed by atoms with van der Waals surface area (Å²) in [6.45, 7) is 5.38. The average molecular weight is 160 g/mol. The molecule has 0 bridgehead atoms. The van der Waals surface area contributed by atoms with Crippen LogP contribution in [0.25, 0.3) is 0 Å². The first-order valence-electron chi connectivity index (χ1n) is 4.05. The lowest BCUT2D eigenvalue weighted by Gasteiger charge is -2.21. The molecule has 0 saturated carbocycles. The highest BCUT2D eigenvalue weighted by molar-refractivity contribution is 8.00. The zero-order chi connectivity index (χ0) is 7.45. The third-order valence-corrected chi connectivity index (χ3v) is 3.19. The van der Waals surface area contributed by atoms with E-state index in [-0.39, 0.29) is 4.93 Å². The Labute approximate surface area is 67.5 Å². The van der Waals surface area contributed by atoms with Crippen LogP contribution in [0, 0.1) is 0 Å². The summed E-state index contributed by atoms with van der Waals surface area (Å²) >= 11 is 1.96. The quantitative estimate of drug-likeness (QED) is 0.627. The molecule has 1 heterocycles. The molecule has 1 nitrogen and oxygen atoms in total. The fraction of sp³-hybridized carbons (Fsp3) is 1.00. The summed E-state index contributed by atoms with van der Waals surface area (Å²) in [6.07, 6.45) is 3.79. The second-order valence-corrected chi connectivity index (χ2v) is 4.49. The molecule has 1 unspecified atom stereocenters. The van der Waals surface area contributed by atoms with Crippen LogP contribution in [0.2, 0.25) is 0 Å². The fourth-order valence-electron chi connectivity index (χ4n) is 1.20. The maximum atomic E-state index is 5.61. The highest BCUT2D eigenvalue weighted by Gasteiger charge is 2.29. The molecule has 0 aromatic carbocycles. The molecule has 0 spiro atoms. The van der Waals surface area contributed by atoms with E-state index in [4.69, 9.17) is 4.74 Å². The summed E-state index contributed by atoms with van der Waals surface area (Å²) in [6, 6.07) is 0. The predicted octanol–water partition coefficient (Wildman–Crippen LogP) is 2.66. The lowest BCUT2D eigenvalue weighted by atomic mass is 10.2. The van der Waals surface area contributed by atoms with Gasteiger partial charge in [0.2, 0.25) is 0 Å². The Morgan fingerprint density at radius 2 is 2.40 bits per heavy atom. The van der Waals surface area contributed by atoms with Crippen LogP contribution in [0.5, 0.6) is 0 Å². The third-order valence-electron chi connectivity index (χ3n) is 1.88. The number of thioether (sulfide) groups is 1. The molecule has 1 aliphatic heterocycles. The summed E-state index contributed by atoms with van der Waals surface area (Å²) in [4.78, 5) is 0.163. The minimum absolute atomic E-state index is 0.163. The maximum Gasteiger partial charge on any atom is 0.111 e. The monoisotopic (exact) mass is 160 g/mol. The number of hydrogen-bond acceptors (Lipinski definition) is 2. The van der Waals surface area contributed by atoms with Gasteiger partial charge >= 0.3 is 0 Å². The standard InChI is InChI=1S/C8H16OS/c1-3-4-5-8(2)9-6-7-10-8/h3-7H2,1-2H3. The molecule has 0 aromatic rings. The summed E-state index contributed by atoms with van der Waals surface area (Å²) in [5, 5.41) is 0. The van der Waals surface area contributed by atoms with Crippen LogP contribution in [0.3, 0.4) is 0 Å². The molecule has 2 heteroatoms. The van der Waals surface area contributed by atoms with Gasteiger partial charge in [-0.3, -0.25) is 0 Å². The van der Waals surface area contributed by atoms with Crippen LogP contribution >= 0.6 is 11.8 Å². The smallest absolute Gasteiger partial charge is 0.111 e. The minimum Gasteiger partial charge on any atom is -0.364 e. The number of unbranched alkanes of at least 4 members (excludes halogenated alkanes) is 1. The summed E-state index contributed by atoms with van der Waals surface area (Å²) in [7, 11) is 0. The largest absolute Gasteiger partial charge is 0.364 e. The van der Waals surface area contributed by atoms with Crippen LogP contribution in [0.1, 0.15) is 33.1 Å². The Bertz CT molecular complexity index is 97.4. The van der Waals surface area contributed by atoms with Gasteiger partial charge in [-0.25, -0.2) is 0 Å². The molecule has 60 valence electrons. The normalized spacial score (nSPS) is 33.0. The van der Waals surface area contributed by atoms with Crippen molar-refractivity contribution in [1.29, 1.82) is 0 Å². The van der Waals surface area contributed by atoms with E-state index >= 15 is 0 Å². The van der Waals surface area contributed by atoms with Gasteiger partial charge in [0, 0.05) is 5.75 Å². The molecule has 1 fully saturated rings. The predicted molar refractivity (Wildman–Crippen MR) is 46.3 cm³/mol. The first-order valence-corrected chi connectivity index (χ1v) is 5.03. The second-order valence-electron chi connectivity index (χ2n) is 2.93. The van der Waals surface area contributed by atoms with E-state index in [9.17, 15) is 0 Å². The van der Waals surface area contributed by atoms with Crippen molar-refractivity contribution in [3.8, 4) is 0 Å². The van der Waals surface area contributed by atoms with E-state index in [1.54, 1.807) is 0 Å². The molecule has 0 amide bonds. The van der Waals surface area contributed by atoms with E-state index < -0.39 is 0 Å². The third kappa shape index (κ3) is 2.17. The van der Waals surface area contributed by atoms with Crippen LogP contribution in [-0.4, -0.2) is 17.3 Å². The van der Waals surface area contributed by atoms with Crippen molar-refractivity contribution in [2.75, 3.05) is 12.4 Å². The summed E-state index contributed by atoms with van der Waals surface area (Å²) in [5.41, 5.74) is 0. The van der Waals surface area contributed by atoms with Gasteiger partial charge in [-0.05, 0) is 19.8 Å². The topological polar surface area (TPSA) is 9.23 Å². The van der Waals surface area contributed by atoms with Crippen molar-refractivity contribution in [2.24, 2.45) is 0 Å². The molecule has 1 saturated heterocycles. The Hall–Kier alpha value is 0.310. The van der Waals surface area contributed by atoms with Gasteiger partial charge < -0.3 is 4.74 Å². The number of rotatable bonds is 3.